The topological polar surface area (TPSA) is 99.5 Å². The highest BCUT2D eigenvalue weighted by Gasteiger charge is 2.19. The number of aromatic nitrogens is 1. The lowest BCUT2D eigenvalue weighted by Gasteiger charge is -2.11. The Bertz CT molecular complexity index is 366. The fourth-order valence-corrected chi connectivity index (χ4v) is 1.17. The first kappa shape index (κ1) is 12.1. The summed E-state index contributed by atoms with van der Waals surface area (Å²) < 4.78 is 0. The molecule has 1 atom stereocenters. The highest BCUT2D eigenvalue weighted by atomic mass is 16.4. The molecule has 0 aliphatic carbocycles. The molecule has 0 radical (unpaired) electrons. The fourth-order valence-electron chi connectivity index (χ4n) is 1.17. The third kappa shape index (κ3) is 4.05. The summed E-state index contributed by atoms with van der Waals surface area (Å²) in [6, 6.07) is 2.42. The van der Waals surface area contributed by atoms with Crippen molar-refractivity contribution in [3.63, 3.8) is 0 Å². The van der Waals surface area contributed by atoms with Crippen molar-refractivity contribution in [2.24, 2.45) is 0 Å². The quantitative estimate of drug-likeness (QED) is 0.633. The summed E-state index contributed by atoms with van der Waals surface area (Å²) in [5, 5.41) is 19.9. The van der Waals surface area contributed by atoms with Crippen LogP contribution in [0.15, 0.2) is 24.5 Å². The highest BCUT2D eigenvalue weighted by Crippen LogP contribution is 1.98. The summed E-state index contributed by atoms with van der Waals surface area (Å²) >= 11 is 0. The second-order valence-corrected chi connectivity index (χ2v) is 3.23. The monoisotopic (exact) mass is 224 g/mol. The maximum atomic E-state index is 10.7. The van der Waals surface area contributed by atoms with Crippen LogP contribution in [0.1, 0.15) is 12.0 Å². The number of aliphatic carboxylic acids is 2. The summed E-state index contributed by atoms with van der Waals surface area (Å²) in [5.74, 6) is -2.32. The molecule has 6 nitrogen and oxygen atoms in total. The van der Waals surface area contributed by atoms with E-state index in [4.69, 9.17) is 10.2 Å². The largest absolute Gasteiger partial charge is 0.481 e. The number of hydrogen-bond donors (Lipinski definition) is 3. The second-order valence-electron chi connectivity index (χ2n) is 3.23. The Hall–Kier alpha value is -1.95. The molecule has 0 fully saturated rings. The van der Waals surface area contributed by atoms with Gasteiger partial charge in [0.25, 0.3) is 0 Å². The van der Waals surface area contributed by atoms with Crippen LogP contribution in [0.25, 0.3) is 0 Å². The van der Waals surface area contributed by atoms with E-state index < -0.39 is 24.4 Å². The highest BCUT2D eigenvalue weighted by molar-refractivity contribution is 5.80. The summed E-state index contributed by atoms with van der Waals surface area (Å²) in [7, 11) is 0. The maximum absolute atomic E-state index is 10.7. The van der Waals surface area contributed by atoms with E-state index in [1.165, 1.54) is 0 Å². The van der Waals surface area contributed by atoms with Gasteiger partial charge in [-0.25, -0.2) is 0 Å². The second kappa shape index (κ2) is 5.82. The van der Waals surface area contributed by atoms with Gasteiger partial charge >= 0.3 is 11.9 Å². The molecule has 0 saturated heterocycles. The lowest BCUT2D eigenvalue weighted by molar-refractivity contribution is -0.146. The zero-order valence-corrected chi connectivity index (χ0v) is 8.46. The first-order valence-electron chi connectivity index (χ1n) is 4.66. The maximum Gasteiger partial charge on any atom is 0.321 e. The van der Waals surface area contributed by atoms with E-state index in [0.29, 0.717) is 0 Å². The predicted molar refractivity (Wildman–Crippen MR) is 54.8 cm³/mol. The Balaban J connectivity index is 2.50. The van der Waals surface area contributed by atoms with Crippen molar-refractivity contribution in [1.29, 1.82) is 0 Å². The molecule has 86 valence electrons. The number of nitrogens with zero attached hydrogens (tertiary/aromatic N) is 1. The van der Waals surface area contributed by atoms with Crippen LogP contribution >= 0.6 is 0 Å². The first-order valence-corrected chi connectivity index (χ1v) is 4.66. The van der Waals surface area contributed by atoms with Gasteiger partial charge in [0.15, 0.2) is 0 Å². The average Bonchev–Trinajstić information content (AvgIpc) is 2.25. The van der Waals surface area contributed by atoms with Crippen LogP contribution in [0.4, 0.5) is 0 Å². The molecule has 0 aromatic carbocycles. The molecule has 0 spiro atoms. The molecule has 0 unspecified atom stereocenters. The molecule has 0 bridgehead atoms. The van der Waals surface area contributed by atoms with Gasteiger partial charge in [-0.05, 0) is 11.6 Å². The van der Waals surface area contributed by atoms with E-state index in [2.05, 4.69) is 10.3 Å². The molecule has 0 amide bonds. The van der Waals surface area contributed by atoms with Gasteiger partial charge in [-0.15, -0.1) is 0 Å². The standard InChI is InChI=1S/C10H12N2O4/c13-9(14)4-8(10(15)16)12-6-7-2-1-3-11-5-7/h1-3,5,8,12H,4,6H2,(H,13,14)(H,15,16)/t8-/m0/s1. The van der Waals surface area contributed by atoms with E-state index >= 15 is 0 Å². The van der Waals surface area contributed by atoms with Gasteiger partial charge in [0.2, 0.25) is 0 Å². The third-order valence-corrected chi connectivity index (χ3v) is 1.95. The smallest absolute Gasteiger partial charge is 0.321 e. The molecule has 1 heterocycles. The molecule has 0 saturated carbocycles. The molecule has 1 rings (SSSR count). The zero-order valence-electron chi connectivity index (χ0n) is 8.46. The van der Waals surface area contributed by atoms with E-state index in [1.54, 1.807) is 24.5 Å². The summed E-state index contributed by atoms with van der Waals surface area (Å²) in [4.78, 5) is 25.0. The average molecular weight is 224 g/mol. The van der Waals surface area contributed by atoms with Crippen LogP contribution in [0.5, 0.6) is 0 Å². The van der Waals surface area contributed by atoms with Crippen LogP contribution in [0.3, 0.4) is 0 Å². The molecule has 1 aromatic heterocycles. The number of carboxylic acid groups (broad SMARTS) is 2. The van der Waals surface area contributed by atoms with Crippen LogP contribution in [-0.2, 0) is 16.1 Å². The van der Waals surface area contributed by atoms with E-state index in [1.807, 2.05) is 0 Å². The van der Waals surface area contributed by atoms with Crippen LogP contribution in [0, 0.1) is 0 Å². The molecule has 6 heteroatoms. The normalized spacial score (nSPS) is 12.0. The minimum Gasteiger partial charge on any atom is -0.481 e. The van der Waals surface area contributed by atoms with E-state index in [9.17, 15) is 9.59 Å². The van der Waals surface area contributed by atoms with Crippen molar-refractivity contribution in [2.75, 3.05) is 0 Å². The molecule has 0 aliphatic rings. The van der Waals surface area contributed by atoms with Gasteiger partial charge in [0.1, 0.15) is 6.04 Å². The van der Waals surface area contributed by atoms with Crippen LogP contribution in [0.2, 0.25) is 0 Å². The lowest BCUT2D eigenvalue weighted by Crippen LogP contribution is -2.38. The molecule has 16 heavy (non-hydrogen) atoms. The van der Waals surface area contributed by atoms with Gasteiger partial charge < -0.3 is 10.2 Å². The molecular formula is C10H12N2O4. The summed E-state index contributed by atoms with van der Waals surface area (Å²) in [5.41, 5.74) is 0.805. The lowest BCUT2D eigenvalue weighted by atomic mass is 10.2. The number of nitrogens with one attached hydrogen (secondary N) is 1. The van der Waals surface area contributed by atoms with E-state index in [0.717, 1.165) is 5.56 Å². The van der Waals surface area contributed by atoms with Gasteiger partial charge in [-0.2, -0.15) is 0 Å². The van der Waals surface area contributed by atoms with Crippen molar-refractivity contribution >= 4 is 11.9 Å². The van der Waals surface area contributed by atoms with Gasteiger partial charge in [0.05, 0.1) is 6.42 Å². The van der Waals surface area contributed by atoms with Crippen LogP contribution in [-0.4, -0.2) is 33.2 Å². The number of carbonyl (C=O) groups is 2. The number of hydrogen-bond acceptors (Lipinski definition) is 4. The number of carboxylic acids is 2. The zero-order chi connectivity index (χ0) is 12.0. The number of pyridine rings is 1. The number of rotatable bonds is 6. The fraction of sp³-hybridized carbons (Fsp3) is 0.300. The SMILES string of the molecule is O=C(O)C[C@H](NCc1cccnc1)C(=O)O. The molecular weight excluding hydrogens is 212 g/mol. The van der Waals surface area contributed by atoms with Gasteiger partial charge in [-0.1, -0.05) is 6.07 Å². The third-order valence-electron chi connectivity index (χ3n) is 1.95. The molecule has 1 aromatic rings. The summed E-state index contributed by atoms with van der Waals surface area (Å²) in [6.07, 6.45) is 2.75. The Labute approximate surface area is 91.9 Å². The Kier molecular flexibility index (Phi) is 4.41. The van der Waals surface area contributed by atoms with Crippen molar-refractivity contribution in [3.05, 3.63) is 30.1 Å². The minimum atomic E-state index is -1.17. The Morgan fingerprint density at radius 2 is 2.19 bits per heavy atom. The molecule has 3 N–H and O–H groups in total. The van der Waals surface area contributed by atoms with Crippen LogP contribution < -0.4 is 5.32 Å². The summed E-state index contributed by atoms with van der Waals surface area (Å²) in [6.45, 7) is 0.276. The predicted octanol–water partition coefficient (Wildman–Crippen LogP) is 0.0991. The van der Waals surface area contributed by atoms with Gasteiger partial charge in [-0.3, -0.25) is 19.9 Å². The van der Waals surface area contributed by atoms with Crippen molar-refractivity contribution in [3.8, 4) is 0 Å². The Morgan fingerprint density at radius 3 is 2.69 bits per heavy atom. The van der Waals surface area contributed by atoms with E-state index in [-0.39, 0.29) is 6.54 Å². The van der Waals surface area contributed by atoms with Crippen molar-refractivity contribution in [1.82, 2.24) is 10.3 Å². The first-order chi connectivity index (χ1) is 7.59. The van der Waals surface area contributed by atoms with Crippen molar-refractivity contribution < 1.29 is 19.8 Å². The van der Waals surface area contributed by atoms with Gasteiger partial charge in [0, 0.05) is 18.9 Å². The minimum absolute atomic E-state index is 0.276. The van der Waals surface area contributed by atoms with Crippen molar-refractivity contribution in [2.45, 2.75) is 19.0 Å². The molecule has 0 aliphatic heterocycles. The Morgan fingerprint density at radius 1 is 1.44 bits per heavy atom.